The Labute approximate surface area is 121 Å². The molecule has 0 fully saturated rings. The van der Waals surface area contributed by atoms with Crippen LogP contribution in [0.1, 0.15) is 21.5 Å². The number of aromatic hydroxyl groups is 1. The average molecular weight is 286 g/mol. The first-order valence-corrected chi connectivity index (χ1v) is 6.67. The number of phenolic OH excluding ortho intramolecular Hbond substituents is 1. The van der Waals surface area contributed by atoms with Crippen molar-refractivity contribution in [3.63, 3.8) is 0 Å². The lowest BCUT2D eigenvalue weighted by atomic mass is 10.1. The number of anilines is 2. The van der Waals surface area contributed by atoms with Gasteiger partial charge in [0.1, 0.15) is 11.6 Å². The minimum Gasteiger partial charge on any atom is -0.508 e. The number of aryl methyl sites for hydroxylation is 1. The molecule has 4 nitrogen and oxygen atoms in total. The Balaban J connectivity index is 2.00. The molecule has 0 spiro atoms. The van der Waals surface area contributed by atoms with Crippen LogP contribution in [0.2, 0.25) is 0 Å². The zero-order chi connectivity index (χ0) is 15.1. The zero-order valence-corrected chi connectivity index (χ0v) is 11.6. The van der Waals surface area contributed by atoms with Gasteiger partial charge in [0.25, 0.3) is 5.91 Å². The largest absolute Gasteiger partial charge is 0.508 e. The Morgan fingerprint density at radius 2 is 2.10 bits per heavy atom. The van der Waals surface area contributed by atoms with Crippen LogP contribution in [-0.4, -0.2) is 17.6 Å². The topological polar surface area (TPSA) is 66.6 Å². The molecule has 0 saturated heterocycles. The summed E-state index contributed by atoms with van der Waals surface area (Å²) in [6.45, 7) is 2.41. The number of phenols is 1. The fourth-order valence-electron chi connectivity index (χ4n) is 2.61. The van der Waals surface area contributed by atoms with Crippen LogP contribution in [0, 0.1) is 12.7 Å². The molecule has 0 atom stereocenters. The highest BCUT2D eigenvalue weighted by atomic mass is 19.1. The molecule has 1 amide bonds. The summed E-state index contributed by atoms with van der Waals surface area (Å²) in [5.41, 5.74) is 9.19. The van der Waals surface area contributed by atoms with Crippen molar-refractivity contribution in [1.82, 2.24) is 0 Å². The van der Waals surface area contributed by atoms with Gasteiger partial charge in [-0.3, -0.25) is 4.79 Å². The molecular weight excluding hydrogens is 271 g/mol. The van der Waals surface area contributed by atoms with Gasteiger partial charge in [-0.15, -0.1) is 0 Å². The van der Waals surface area contributed by atoms with Crippen LogP contribution in [0.3, 0.4) is 0 Å². The van der Waals surface area contributed by atoms with Crippen molar-refractivity contribution < 1.29 is 14.3 Å². The predicted octanol–water partition coefficient (Wildman–Crippen LogP) is 2.62. The second-order valence-electron chi connectivity index (χ2n) is 5.21. The maximum Gasteiger partial charge on any atom is 0.261 e. The van der Waals surface area contributed by atoms with E-state index in [0.29, 0.717) is 12.2 Å². The van der Waals surface area contributed by atoms with Crippen molar-refractivity contribution in [3.05, 3.63) is 52.8 Å². The van der Waals surface area contributed by atoms with Gasteiger partial charge in [0.2, 0.25) is 0 Å². The number of nitrogens with zero attached hydrogens (tertiary/aromatic N) is 1. The van der Waals surface area contributed by atoms with Crippen LogP contribution in [0.15, 0.2) is 30.3 Å². The molecule has 108 valence electrons. The van der Waals surface area contributed by atoms with E-state index in [2.05, 4.69) is 0 Å². The van der Waals surface area contributed by atoms with E-state index in [-0.39, 0.29) is 11.3 Å². The lowest BCUT2D eigenvalue weighted by molar-refractivity contribution is 0.0985. The Hall–Kier alpha value is -2.56. The van der Waals surface area contributed by atoms with E-state index in [9.17, 15) is 14.3 Å². The molecule has 0 aromatic heterocycles. The van der Waals surface area contributed by atoms with Gasteiger partial charge in [-0.25, -0.2) is 4.39 Å². The van der Waals surface area contributed by atoms with Crippen molar-refractivity contribution >= 4 is 17.3 Å². The lowest BCUT2D eigenvalue weighted by Crippen LogP contribution is -2.29. The molecule has 0 aliphatic carbocycles. The molecule has 0 unspecified atom stereocenters. The van der Waals surface area contributed by atoms with Crippen LogP contribution in [0.5, 0.6) is 5.75 Å². The Morgan fingerprint density at radius 3 is 2.81 bits per heavy atom. The molecule has 2 aromatic carbocycles. The quantitative estimate of drug-likeness (QED) is 0.792. The number of nitrogen functional groups attached to an aromatic ring is 1. The highest BCUT2D eigenvalue weighted by molar-refractivity contribution is 6.07. The van der Waals surface area contributed by atoms with E-state index in [0.717, 1.165) is 29.3 Å². The summed E-state index contributed by atoms with van der Waals surface area (Å²) in [5.74, 6) is -1.35. The summed E-state index contributed by atoms with van der Waals surface area (Å²) >= 11 is 0. The van der Waals surface area contributed by atoms with Gasteiger partial charge >= 0.3 is 0 Å². The second-order valence-corrected chi connectivity index (χ2v) is 5.21. The first-order valence-electron chi connectivity index (χ1n) is 6.67. The van der Waals surface area contributed by atoms with E-state index in [1.54, 1.807) is 6.07 Å². The van der Waals surface area contributed by atoms with E-state index < -0.39 is 11.7 Å². The Bertz CT molecular complexity index is 743. The van der Waals surface area contributed by atoms with E-state index in [1.165, 1.54) is 17.0 Å². The first-order chi connectivity index (χ1) is 9.97. The Morgan fingerprint density at radius 1 is 1.33 bits per heavy atom. The molecule has 3 rings (SSSR count). The molecule has 2 aromatic rings. The fourth-order valence-corrected chi connectivity index (χ4v) is 2.61. The SMILES string of the molecule is Cc1cc2c(cc1N)N(C(=O)c1ccc(O)cc1F)CC2. The monoisotopic (exact) mass is 286 g/mol. The van der Waals surface area contributed by atoms with Crippen LogP contribution < -0.4 is 10.6 Å². The van der Waals surface area contributed by atoms with Gasteiger partial charge in [-0.2, -0.15) is 0 Å². The predicted molar refractivity (Wildman–Crippen MR) is 79.0 cm³/mol. The number of hydrogen-bond acceptors (Lipinski definition) is 3. The summed E-state index contributed by atoms with van der Waals surface area (Å²) in [7, 11) is 0. The molecule has 0 saturated carbocycles. The number of fused-ring (bicyclic) bond motifs is 1. The molecule has 1 aliphatic heterocycles. The molecule has 1 aliphatic rings. The smallest absolute Gasteiger partial charge is 0.261 e. The van der Waals surface area contributed by atoms with Crippen molar-refractivity contribution in [2.75, 3.05) is 17.2 Å². The van der Waals surface area contributed by atoms with Crippen molar-refractivity contribution in [3.8, 4) is 5.75 Å². The zero-order valence-electron chi connectivity index (χ0n) is 11.6. The van der Waals surface area contributed by atoms with Crippen molar-refractivity contribution in [1.29, 1.82) is 0 Å². The highest BCUT2D eigenvalue weighted by Gasteiger charge is 2.27. The minimum atomic E-state index is -0.728. The number of carbonyl (C=O) groups is 1. The van der Waals surface area contributed by atoms with E-state index in [1.807, 2.05) is 13.0 Å². The lowest BCUT2D eigenvalue weighted by Gasteiger charge is -2.18. The normalized spacial score (nSPS) is 13.3. The standard InChI is InChI=1S/C16H15FN2O2/c1-9-6-10-4-5-19(15(10)8-14(9)18)16(21)12-3-2-11(20)7-13(12)17/h2-3,6-8,20H,4-5,18H2,1H3. The molecule has 0 bridgehead atoms. The third-order valence-corrected chi connectivity index (χ3v) is 3.79. The average Bonchev–Trinajstić information content (AvgIpc) is 2.81. The third kappa shape index (κ3) is 2.20. The molecule has 21 heavy (non-hydrogen) atoms. The fraction of sp³-hybridized carbons (Fsp3) is 0.188. The number of halogens is 1. The number of benzene rings is 2. The number of hydrogen-bond donors (Lipinski definition) is 2. The minimum absolute atomic E-state index is 0.0557. The van der Waals surface area contributed by atoms with Crippen LogP contribution in [0.25, 0.3) is 0 Å². The van der Waals surface area contributed by atoms with Crippen molar-refractivity contribution in [2.45, 2.75) is 13.3 Å². The summed E-state index contributed by atoms with van der Waals surface area (Å²) in [6, 6.07) is 7.26. The Kier molecular flexibility index (Phi) is 3.05. The van der Waals surface area contributed by atoms with Crippen LogP contribution in [0.4, 0.5) is 15.8 Å². The number of nitrogens with two attached hydrogens (primary N) is 1. The molecular formula is C16H15FN2O2. The van der Waals surface area contributed by atoms with Gasteiger partial charge in [0, 0.05) is 24.0 Å². The highest BCUT2D eigenvalue weighted by Crippen LogP contribution is 2.33. The van der Waals surface area contributed by atoms with Crippen LogP contribution in [-0.2, 0) is 6.42 Å². The summed E-state index contributed by atoms with van der Waals surface area (Å²) in [4.78, 5) is 14.0. The first kappa shape index (κ1) is 13.4. The summed E-state index contributed by atoms with van der Waals surface area (Å²) in [6.07, 6.45) is 0.724. The maximum absolute atomic E-state index is 13.8. The molecule has 5 heteroatoms. The van der Waals surface area contributed by atoms with Gasteiger partial charge in [0.05, 0.1) is 5.56 Å². The van der Waals surface area contributed by atoms with Gasteiger partial charge in [0.15, 0.2) is 0 Å². The van der Waals surface area contributed by atoms with Gasteiger partial charge in [-0.05, 0) is 42.7 Å². The van der Waals surface area contributed by atoms with Gasteiger partial charge < -0.3 is 15.7 Å². The van der Waals surface area contributed by atoms with Crippen LogP contribution >= 0.6 is 0 Å². The van der Waals surface area contributed by atoms with E-state index in [4.69, 9.17) is 5.73 Å². The van der Waals surface area contributed by atoms with Gasteiger partial charge in [-0.1, -0.05) is 6.07 Å². The molecule has 0 radical (unpaired) electrons. The maximum atomic E-state index is 13.8. The number of carbonyl (C=O) groups excluding carboxylic acids is 1. The summed E-state index contributed by atoms with van der Waals surface area (Å²) in [5, 5.41) is 9.23. The van der Waals surface area contributed by atoms with E-state index >= 15 is 0 Å². The summed E-state index contributed by atoms with van der Waals surface area (Å²) < 4.78 is 13.8. The number of rotatable bonds is 1. The third-order valence-electron chi connectivity index (χ3n) is 3.79. The number of amides is 1. The van der Waals surface area contributed by atoms with Crippen molar-refractivity contribution in [2.24, 2.45) is 0 Å². The molecule has 3 N–H and O–H groups in total. The second kappa shape index (κ2) is 4.77. The molecule has 1 heterocycles.